The second kappa shape index (κ2) is 36.7. The fraction of sp³-hybridized carbons (Fsp3) is 0.763. The molecule has 0 spiro atoms. The zero-order valence-corrected chi connectivity index (χ0v) is 51.1. The second-order valence-corrected chi connectivity index (χ2v) is 25.9. The van der Waals surface area contributed by atoms with Crippen LogP contribution in [0.3, 0.4) is 0 Å². The number of aliphatic carboxylic acids is 2. The molecular formula is C59H102Cl2N2O8Pt. The van der Waals surface area contributed by atoms with Crippen LogP contribution in [0.2, 0.25) is 0 Å². The Kier molecular flexibility index (Phi) is 35.6. The van der Waals surface area contributed by atoms with Crippen molar-refractivity contribution in [3.8, 4) is 23.0 Å². The van der Waals surface area contributed by atoms with Gasteiger partial charge in [-0.2, -0.15) is 0 Å². The van der Waals surface area contributed by atoms with Crippen molar-refractivity contribution in [1.29, 1.82) is 0 Å². The van der Waals surface area contributed by atoms with E-state index in [1.54, 1.807) is 0 Å². The summed E-state index contributed by atoms with van der Waals surface area (Å²) < 4.78 is 24.2. The quantitative estimate of drug-likeness (QED) is 0.0726. The summed E-state index contributed by atoms with van der Waals surface area (Å²) in [6, 6.07) is 4.06. The first-order valence-electron chi connectivity index (χ1n) is 27.2. The number of carbonyl (C=O) groups is 2. The minimum Gasteiger partial charge on any atom is -0.693 e. The van der Waals surface area contributed by atoms with Crippen molar-refractivity contribution in [2.75, 3.05) is 13.2 Å². The average Bonchev–Trinajstić information content (AvgIpc) is 3.26. The Bertz CT molecular complexity index is 1850. The molecule has 6 unspecified atom stereocenters. The van der Waals surface area contributed by atoms with Gasteiger partial charge in [-0.3, -0.25) is 0 Å². The fourth-order valence-electron chi connectivity index (χ4n) is 10.7. The van der Waals surface area contributed by atoms with Crippen molar-refractivity contribution >= 4 is 30.8 Å². The van der Waals surface area contributed by atoms with Crippen molar-refractivity contribution in [3.63, 3.8) is 0 Å². The number of aryl methyl sites for hydroxylation is 2. The van der Waals surface area contributed by atoms with E-state index in [1.807, 2.05) is 39.8 Å². The van der Waals surface area contributed by atoms with Crippen molar-refractivity contribution < 1.29 is 55.2 Å². The van der Waals surface area contributed by atoms with Crippen LogP contribution in [0, 0.1) is 57.3 Å². The molecule has 2 aliphatic rings. The number of fused-ring (bicyclic) bond motifs is 2. The molecule has 0 amide bonds. The summed E-state index contributed by atoms with van der Waals surface area (Å²) in [4.78, 5) is 21.8. The van der Waals surface area contributed by atoms with Crippen molar-refractivity contribution in [2.45, 2.75) is 249 Å². The number of nitrogens with two attached hydrogens (primary N) is 2. The van der Waals surface area contributed by atoms with Gasteiger partial charge in [0.15, 0.2) is 13.2 Å². The third-order valence-electron chi connectivity index (χ3n) is 15.2. The molecule has 4 rings (SSSR count). The number of halogens is 2. The molecule has 0 saturated carbocycles. The zero-order valence-electron chi connectivity index (χ0n) is 47.3. The van der Waals surface area contributed by atoms with Gasteiger partial charge in [0.25, 0.3) is 0 Å². The van der Waals surface area contributed by atoms with E-state index in [0.29, 0.717) is 11.5 Å². The molecule has 6 atom stereocenters. The summed E-state index contributed by atoms with van der Waals surface area (Å²) in [5, 5.41) is 17.9. The molecule has 13 heteroatoms. The molecule has 2 aliphatic heterocycles. The number of hydrogen-bond acceptors (Lipinski definition) is 6. The summed E-state index contributed by atoms with van der Waals surface area (Å²) in [6.45, 7) is 28.4. The molecule has 0 radical (unpaired) electrons. The van der Waals surface area contributed by atoms with Gasteiger partial charge in [-0.05, 0) is 157 Å². The Labute approximate surface area is 455 Å². The van der Waals surface area contributed by atoms with Crippen LogP contribution in [0.1, 0.15) is 231 Å². The van der Waals surface area contributed by atoms with E-state index >= 15 is 0 Å². The van der Waals surface area contributed by atoms with Crippen LogP contribution < -0.4 is 18.9 Å². The van der Waals surface area contributed by atoms with Crippen LogP contribution in [0.15, 0.2) is 12.1 Å². The molecule has 2 aromatic carbocycles. The van der Waals surface area contributed by atoms with Crippen molar-refractivity contribution in [3.05, 3.63) is 57.8 Å². The smallest absolute Gasteiger partial charge is 0.693 e. The Hall–Kier alpha value is -2.23. The van der Waals surface area contributed by atoms with Crippen LogP contribution in [-0.2, 0) is 38.9 Å². The molecule has 2 heterocycles. The standard InChI is InChI=1S/C30H50O4.C29H48O4.2ClH.2H2N.Pt/c1-21(2)11-8-12-22(3)13-9-14-23(4)15-10-17-30(7)18-16-26-25(6)29(33-20-28(31)32)24(5)19-27(26)34-30;1-7-8-9-12-21(2)13-10-14-22(3)15-11-17-29(6)18-16-25-24(5)28(32-20-27(30)31)23(4)19-26(25)33-29;;;;;/h19,21-23H,8-18,20H2,1-7H3,(H,31,32);19,21-22H,7-18,20H2,1-6H3,(H,30,31);2*1H;2*1H2;/q;;;;2*-1;+4/p-2. The Morgan fingerprint density at radius 3 is 1.22 bits per heavy atom. The van der Waals surface area contributed by atoms with Gasteiger partial charge in [0.05, 0.1) is 0 Å². The molecule has 0 aromatic heterocycles. The first-order valence-corrected chi connectivity index (χ1v) is 32.9. The second-order valence-electron chi connectivity index (χ2n) is 22.6. The average molecular weight is 1230 g/mol. The molecule has 420 valence electrons. The molecule has 10 nitrogen and oxygen atoms in total. The van der Waals surface area contributed by atoms with Gasteiger partial charge in [0.2, 0.25) is 0 Å². The van der Waals surface area contributed by atoms with E-state index in [-0.39, 0.29) is 36.7 Å². The van der Waals surface area contributed by atoms with Crippen molar-refractivity contribution in [1.82, 2.24) is 0 Å². The number of benzene rings is 2. The van der Waals surface area contributed by atoms with Gasteiger partial charge in [-0.15, -0.1) is 0 Å². The third-order valence-corrected chi connectivity index (χ3v) is 15.2. The normalized spacial score (nSPS) is 18.4. The van der Waals surface area contributed by atoms with Gasteiger partial charge in [0.1, 0.15) is 34.2 Å². The van der Waals surface area contributed by atoms with E-state index in [0.717, 1.165) is 102 Å². The molecule has 72 heavy (non-hydrogen) atoms. The maximum absolute atomic E-state index is 10.9. The van der Waals surface area contributed by atoms with Gasteiger partial charge in [-0.1, -0.05) is 145 Å². The Balaban J connectivity index is 0.00000129. The zero-order chi connectivity index (χ0) is 52.4. The number of carboxylic acids is 2. The number of unbranched alkanes of at least 4 members (excludes halogenated alkanes) is 2. The Morgan fingerprint density at radius 1 is 0.583 bits per heavy atom. The fourth-order valence-corrected chi connectivity index (χ4v) is 10.7. The van der Waals surface area contributed by atoms with E-state index in [4.69, 9.17) is 48.0 Å². The van der Waals surface area contributed by atoms with Crippen molar-refractivity contribution in [2.24, 2.45) is 29.6 Å². The minimum absolute atomic E-state index is 0. The first kappa shape index (κ1) is 69.8. The summed E-state index contributed by atoms with van der Waals surface area (Å²) in [6.07, 6.45) is 28.8. The molecule has 0 bridgehead atoms. The number of ether oxygens (including phenoxy) is 4. The van der Waals surface area contributed by atoms with Gasteiger partial charge >= 0.3 is 47.3 Å². The Morgan fingerprint density at radius 2 is 0.903 bits per heavy atom. The van der Waals surface area contributed by atoms with E-state index in [1.165, 1.54) is 120 Å². The maximum Gasteiger partial charge on any atom is -0.693 e. The number of carboxylic acid groups (broad SMARTS) is 2. The van der Waals surface area contributed by atoms with Gasteiger partial charge in [0, 0.05) is 11.1 Å². The predicted octanol–water partition coefficient (Wildman–Crippen LogP) is 19.1. The number of hydrogen-bond donors (Lipinski definition) is 2. The molecule has 0 saturated heterocycles. The molecule has 0 aliphatic carbocycles. The largest absolute Gasteiger partial charge is 0.693 e. The van der Waals surface area contributed by atoms with Crippen LogP contribution >= 0.6 is 18.8 Å². The topological polar surface area (TPSA) is 179 Å². The predicted molar refractivity (Wildman–Crippen MR) is 300 cm³/mol. The van der Waals surface area contributed by atoms with Crippen LogP contribution in [-0.4, -0.2) is 46.6 Å². The minimum atomic E-state index is -0.953. The summed E-state index contributed by atoms with van der Waals surface area (Å²) in [7, 11) is 9.75. The van der Waals surface area contributed by atoms with E-state index in [9.17, 15) is 9.59 Å². The summed E-state index contributed by atoms with van der Waals surface area (Å²) in [5.41, 5.74) is 6.00. The SMILES string of the molecule is CCCCCC(C)CCCC(C)CCCC1(C)CCc2c(cc(C)c(OCC(=O)O)c2C)O1.Cc1cc2c(c(C)c1OCC(=O)O)CCC(C)(CCCC(C)CCCC(C)CCCC(C)C)O2.[Cl][Pt+2][Cl].[NH2-].[NH2-]. The van der Waals surface area contributed by atoms with E-state index < -0.39 is 28.4 Å². The maximum atomic E-state index is 10.9. The first-order chi connectivity index (χ1) is 33.1. The van der Waals surface area contributed by atoms with Gasteiger partial charge in [-0.25, -0.2) is 9.59 Å². The van der Waals surface area contributed by atoms with Crippen LogP contribution in [0.4, 0.5) is 0 Å². The molecule has 6 N–H and O–H groups in total. The molecule has 0 fully saturated rings. The van der Waals surface area contributed by atoms with Crippen LogP contribution in [0.25, 0.3) is 12.3 Å². The van der Waals surface area contributed by atoms with E-state index in [2.05, 4.69) is 62.3 Å². The van der Waals surface area contributed by atoms with Crippen LogP contribution in [0.5, 0.6) is 23.0 Å². The molecular weight excluding hydrogens is 1130 g/mol. The summed E-state index contributed by atoms with van der Waals surface area (Å²) in [5.74, 6) is 5.51. The summed E-state index contributed by atoms with van der Waals surface area (Å²) >= 11 is -0.472. The monoisotopic (exact) mass is 1230 g/mol. The van der Waals surface area contributed by atoms with Gasteiger partial charge < -0.3 is 41.5 Å². The number of rotatable bonds is 30. The third kappa shape index (κ3) is 26.5. The molecule has 2 aromatic rings.